The fourth-order valence-corrected chi connectivity index (χ4v) is 1.33. The molecule has 2 aliphatic rings. The molecule has 2 nitrogen and oxygen atoms in total. The van der Waals surface area contributed by atoms with Crippen molar-refractivity contribution in [2.75, 3.05) is 0 Å². The van der Waals surface area contributed by atoms with E-state index in [1.807, 2.05) is 13.0 Å². The number of amidine groups is 1. The zero-order chi connectivity index (χ0) is 7.84. The van der Waals surface area contributed by atoms with Crippen LogP contribution in [0.1, 0.15) is 13.8 Å². The Labute approximate surface area is 66.1 Å². The average Bonchev–Trinajstić information content (AvgIpc) is 2.27. The predicted octanol–water partition coefficient (Wildman–Crippen LogP) is 1.74. The fraction of sp³-hybridized carbons (Fsp3) is 0.333. The fourth-order valence-electron chi connectivity index (χ4n) is 1.33. The molecule has 2 rings (SSSR count). The predicted molar refractivity (Wildman–Crippen MR) is 47.2 cm³/mol. The molecule has 0 saturated heterocycles. The molecular weight excluding hydrogens is 136 g/mol. The van der Waals surface area contributed by atoms with Gasteiger partial charge in [-0.1, -0.05) is 17.7 Å². The van der Waals surface area contributed by atoms with Gasteiger partial charge in [-0.05, 0) is 19.9 Å². The molecule has 0 fully saturated rings. The summed E-state index contributed by atoms with van der Waals surface area (Å²) in [7, 11) is 0. The summed E-state index contributed by atoms with van der Waals surface area (Å²) in [6, 6.07) is 0.208. The molecule has 2 heteroatoms. The van der Waals surface area contributed by atoms with Crippen molar-refractivity contribution in [2.24, 2.45) is 9.98 Å². The van der Waals surface area contributed by atoms with E-state index in [1.54, 1.807) is 0 Å². The minimum atomic E-state index is 0.208. The van der Waals surface area contributed by atoms with Crippen LogP contribution in [0.5, 0.6) is 0 Å². The molecule has 0 saturated carbocycles. The molecule has 1 aliphatic carbocycles. The van der Waals surface area contributed by atoms with Gasteiger partial charge in [-0.15, -0.1) is 0 Å². The third-order valence-corrected chi connectivity index (χ3v) is 1.86. The van der Waals surface area contributed by atoms with Crippen LogP contribution in [-0.4, -0.2) is 17.6 Å². The lowest BCUT2D eigenvalue weighted by molar-refractivity contribution is 1.09. The Morgan fingerprint density at radius 2 is 2.09 bits per heavy atom. The van der Waals surface area contributed by atoms with E-state index in [2.05, 4.69) is 29.1 Å². The maximum Gasteiger partial charge on any atom is 0.121 e. The van der Waals surface area contributed by atoms with Crippen LogP contribution in [0.3, 0.4) is 0 Å². The van der Waals surface area contributed by atoms with Gasteiger partial charge in [0.05, 0.1) is 5.71 Å². The number of hydrogen-bond acceptors (Lipinski definition) is 2. The minimum Gasteiger partial charge on any atom is -0.257 e. The Balaban J connectivity index is 2.39. The number of fused-ring (bicyclic) bond motifs is 1. The summed E-state index contributed by atoms with van der Waals surface area (Å²) >= 11 is 0. The average molecular weight is 146 g/mol. The second-order valence-electron chi connectivity index (χ2n) is 2.90. The zero-order valence-corrected chi connectivity index (χ0v) is 6.70. The Hall–Kier alpha value is -1.18. The monoisotopic (exact) mass is 146 g/mol. The molecule has 0 radical (unpaired) electrons. The van der Waals surface area contributed by atoms with E-state index in [0.717, 1.165) is 11.5 Å². The first-order valence-corrected chi connectivity index (χ1v) is 3.75. The largest absolute Gasteiger partial charge is 0.257 e. The summed E-state index contributed by atoms with van der Waals surface area (Å²) in [5.41, 5.74) is 2.35. The van der Waals surface area contributed by atoms with Crippen LogP contribution in [0.4, 0.5) is 0 Å². The molecule has 11 heavy (non-hydrogen) atoms. The zero-order valence-electron chi connectivity index (χ0n) is 6.70. The molecule has 0 aromatic rings. The Morgan fingerprint density at radius 3 is 2.91 bits per heavy atom. The summed E-state index contributed by atoms with van der Waals surface area (Å²) in [6.07, 6.45) is 6.25. The molecular formula is C9H10N2. The van der Waals surface area contributed by atoms with Crippen molar-refractivity contribution in [3.8, 4) is 0 Å². The maximum atomic E-state index is 4.35. The molecule has 1 unspecified atom stereocenters. The van der Waals surface area contributed by atoms with Crippen molar-refractivity contribution >= 4 is 11.5 Å². The first-order valence-electron chi connectivity index (χ1n) is 3.75. The summed E-state index contributed by atoms with van der Waals surface area (Å²) in [4.78, 5) is 8.63. The van der Waals surface area contributed by atoms with Gasteiger partial charge in [0.15, 0.2) is 0 Å². The summed E-state index contributed by atoms with van der Waals surface area (Å²) in [5.74, 6) is 0.889. The van der Waals surface area contributed by atoms with Crippen molar-refractivity contribution in [1.82, 2.24) is 0 Å². The van der Waals surface area contributed by atoms with Crippen LogP contribution in [0, 0.1) is 0 Å². The van der Waals surface area contributed by atoms with Gasteiger partial charge in [0.25, 0.3) is 0 Å². The molecule has 1 atom stereocenters. The number of allylic oxidation sites excluding steroid dienone is 2. The first kappa shape index (κ1) is 6.53. The van der Waals surface area contributed by atoms with Gasteiger partial charge in [0.1, 0.15) is 11.9 Å². The van der Waals surface area contributed by atoms with Crippen LogP contribution in [0.25, 0.3) is 0 Å². The van der Waals surface area contributed by atoms with Crippen LogP contribution >= 0.6 is 0 Å². The smallest absolute Gasteiger partial charge is 0.121 e. The third kappa shape index (κ3) is 1.04. The molecule has 0 aromatic heterocycles. The lowest BCUT2D eigenvalue weighted by Crippen LogP contribution is -2.12. The van der Waals surface area contributed by atoms with E-state index in [9.17, 15) is 0 Å². The summed E-state index contributed by atoms with van der Waals surface area (Å²) in [6.45, 7) is 4.01. The molecule has 0 amide bonds. The maximum absolute atomic E-state index is 4.35. The standard InChI is InChI=1S/C9H10N2/c1-6-3-4-8-9(5-6)11-7(2)10-8/h3-5,9H,1-2H3. The summed E-state index contributed by atoms with van der Waals surface area (Å²) < 4.78 is 0. The van der Waals surface area contributed by atoms with Crippen LogP contribution in [0.15, 0.2) is 33.8 Å². The van der Waals surface area contributed by atoms with E-state index in [0.29, 0.717) is 0 Å². The second-order valence-corrected chi connectivity index (χ2v) is 2.90. The molecule has 0 aromatic carbocycles. The minimum absolute atomic E-state index is 0.208. The van der Waals surface area contributed by atoms with Gasteiger partial charge in [0, 0.05) is 0 Å². The molecule has 0 spiro atoms. The topological polar surface area (TPSA) is 24.7 Å². The van der Waals surface area contributed by atoms with Crippen LogP contribution in [-0.2, 0) is 0 Å². The lowest BCUT2D eigenvalue weighted by Gasteiger charge is -2.07. The highest BCUT2D eigenvalue weighted by atomic mass is 15.0. The van der Waals surface area contributed by atoms with Crippen molar-refractivity contribution in [1.29, 1.82) is 0 Å². The van der Waals surface area contributed by atoms with E-state index in [4.69, 9.17) is 0 Å². The Kier molecular flexibility index (Phi) is 1.28. The van der Waals surface area contributed by atoms with Crippen molar-refractivity contribution in [3.05, 3.63) is 23.8 Å². The first-order chi connectivity index (χ1) is 5.25. The van der Waals surface area contributed by atoms with E-state index in [1.165, 1.54) is 5.57 Å². The van der Waals surface area contributed by atoms with Gasteiger partial charge in [-0.2, -0.15) is 0 Å². The molecule has 0 N–H and O–H groups in total. The van der Waals surface area contributed by atoms with Crippen LogP contribution in [0.2, 0.25) is 0 Å². The number of rotatable bonds is 0. The van der Waals surface area contributed by atoms with Gasteiger partial charge in [-0.3, -0.25) is 4.99 Å². The molecule has 0 bridgehead atoms. The third-order valence-electron chi connectivity index (χ3n) is 1.86. The highest BCUT2D eigenvalue weighted by Gasteiger charge is 2.18. The quantitative estimate of drug-likeness (QED) is 0.497. The van der Waals surface area contributed by atoms with Gasteiger partial charge in [0.2, 0.25) is 0 Å². The highest BCUT2D eigenvalue weighted by molar-refractivity contribution is 6.12. The van der Waals surface area contributed by atoms with E-state index < -0.39 is 0 Å². The normalized spacial score (nSPS) is 27.5. The number of hydrogen-bond donors (Lipinski definition) is 0. The van der Waals surface area contributed by atoms with Gasteiger partial charge >= 0.3 is 0 Å². The number of aliphatic imine (C=N–C) groups is 2. The van der Waals surface area contributed by atoms with Gasteiger partial charge in [-0.25, -0.2) is 4.99 Å². The van der Waals surface area contributed by atoms with E-state index >= 15 is 0 Å². The van der Waals surface area contributed by atoms with Gasteiger partial charge < -0.3 is 0 Å². The Bertz CT molecular complexity index is 306. The second kappa shape index (κ2) is 2.16. The SMILES string of the molecule is CC1=CC2N=C(C)N=C2C=C1. The molecule has 56 valence electrons. The lowest BCUT2D eigenvalue weighted by atomic mass is 10.0. The summed E-state index contributed by atoms with van der Waals surface area (Å²) in [5, 5.41) is 0. The highest BCUT2D eigenvalue weighted by Crippen LogP contribution is 2.16. The van der Waals surface area contributed by atoms with Crippen LogP contribution < -0.4 is 0 Å². The van der Waals surface area contributed by atoms with Crippen molar-refractivity contribution in [2.45, 2.75) is 19.9 Å². The molecule has 1 aliphatic heterocycles. The Morgan fingerprint density at radius 1 is 1.27 bits per heavy atom. The number of nitrogens with zero attached hydrogens (tertiary/aromatic N) is 2. The molecule has 1 heterocycles. The van der Waals surface area contributed by atoms with E-state index in [-0.39, 0.29) is 6.04 Å². The van der Waals surface area contributed by atoms with Crippen molar-refractivity contribution < 1.29 is 0 Å². The van der Waals surface area contributed by atoms with Crippen molar-refractivity contribution in [3.63, 3.8) is 0 Å².